The van der Waals surface area contributed by atoms with E-state index in [2.05, 4.69) is 20.5 Å². The Morgan fingerprint density at radius 1 is 1.19 bits per heavy atom. The summed E-state index contributed by atoms with van der Waals surface area (Å²) in [4.78, 5) is 19.1. The van der Waals surface area contributed by atoms with Crippen LogP contribution in [0.5, 0.6) is 0 Å². The van der Waals surface area contributed by atoms with Crippen molar-refractivity contribution in [3.05, 3.63) is 0 Å². The van der Waals surface area contributed by atoms with Crippen molar-refractivity contribution in [1.82, 2.24) is 15.5 Å². The predicted octanol–water partition coefficient (Wildman–Crippen LogP) is 2.54. The summed E-state index contributed by atoms with van der Waals surface area (Å²) in [6, 6.07) is 0.306. The highest BCUT2D eigenvalue weighted by molar-refractivity contribution is 5.81. The standard InChI is InChI=1S/C21H38N4O2/c1-22-20(23-16-21(12-14-27-2)10-5-6-11-21)24-18-9-13-25(15-18)19(26)17-7-3-4-8-17/h17-18H,3-16H2,1-2H3,(H2,22,23,24). The first-order valence-electron chi connectivity index (χ1n) is 10.9. The lowest BCUT2D eigenvalue weighted by Crippen LogP contribution is -2.48. The van der Waals surface area contributed by atoms with Gasteiger partial charge in [0.05, 0.1) is 0 Å². The molecule has 154 valence electrons. The Kier molecular flexibility index (Phi) is 7.39. The van der Waals surface area contributed by atoms with Gasteiger partial charge in [0, 0.05) is 52.4 Å². The lowest BCUT2D eigenvalue weighted by molar-refractivity contribution is -0.134. The van der Waals surface area contributed by atoms with Gasteiger partial charge >= 0.3 is 0 Å². The lowest BCUT2D eigenvalue weighted by atomic mass is 9.83. The van der Waals surface area contributed by atoms with Crippen molar-refractivity contribution in [3.63, 3.8) is 0 Å². The number of guanidine groups is 1. The molecule has 27 heavy (non-hydrogen) atoms. The number of methoxy groups -OCH3 is 1. The number of ether oxygens (including phenoxy) is 1. The van der Waals surface area contributed by atoms with Crippen LogP contribution in [0.25, 0.3) is 0 Å². The summed E-state index contributed by atoms with van der Waals surface area (Å²) in [6.45, 7) is 3.47. The molecule has 0 aromatic carbocycles. The minimum atomic E-state index is 0.282. The highest BCUT2D eigenvalue weighted by Crippen LogP contribution is 2.40. The minimum absolute atomic E-state index is 0.282. The average molecular weight is 379 g/mol. The second-order valence-corrected chi connectivity index (χ2v) is 8.77. The van der Waals surface area contributed by atoms with Crippen LogP contribution in [0.2, 0.25) is 0 Å². The Labute approximate surface area is 164 Å². The van der Waals surface area contributed by atoms with Crippen LogP contribution in [-0.4, -0.2) is 63.2 Å². The van der Waals surface area contributed by atoms with Gasteiger partial charge in [0.15, 0.2) is 5.96 Å². The van der Waals surface area contributed by atoms with E-state index in [1.807, 2.05) is 7.05 Å². The molecule has 0 bridgehead atoms. The third-order valence-corrected chi connectivity index (χ3v) is 6.90. The molecule has 2 N–H and O–H groups in total. The van der Waals surface area contributed by atoms with Crippen molar-refractivity contribution in [2.24, 2.45) is 16.3 Å². The molecule has 0 spiro atoms. The normalized spacial score (nSPS) is 25.9. The molecular weight excluding hydrogens is 340 g/mol. The molecule has 0 radical (unpaired) electrons. The van der Waals surface area contributed by atoms with Gasteiger partial charge in [-0.15, -0.1) is 0 Å². The summed E-state index contributed by atoms with van der Waals surface area (Å²) in [5.41, 5.74) is 0.341. The molecule has 3 rings (SSSR count). The van der Waals surface area contributed by atoms with Gasteiger partial charge in [-0.05, 0) is 43.9 Å². The van der Waals surface area contributed by atoms with Gasteiger partial charge in [0.25, 0.3) is 0 Å². The monoisotopic (exact) mass is 378 g/mol. The van der Waals surface area contributed by atoms with Crippen molar-refractivity contribution < 1.29 is 9.53 Å². The van der Waals surface area contributed by atoms with Gasteiger partial charge in [-0.3, -0.25) is 9.79 Å². The molecule has 1 saturated heterocycles. The first-order chi connectivity index (χ1) is 13.2. The number of aliphatic imine (C=N–C) groups is 1. The van der Waals surface area contributed by atoms with Crippen LogP contribution < -0.4 is 10.6 Å². The molecule has 0 aromatic heterocycles. The number of amides is 1. The molecule has 1 aliphatic heterocycles. The van der Waals surface area contributed by atoms with Crippen molar-refractivity contribution in [2.45, 2.75) is 70.3 Å². The summed E-state index contributed by atoms with van der Waals surface area (Å²) < 4.78 is 5.33. The fourth-order valence-corrected chi connectivity index (χ4v) is 5.13. The summed E-state index contributed by atoms with van der Waals surface area (Å²) >= 11 is 0. The molecule has 6 heteroatoms. The number of carbonyl (C=O) groups is 1. The van der Waals surface area contributed by atoms with Crippen LogP contribution in [0.3, 0.4) is 0 Å². The van der Waals surface area contributed by atoms with E-state index in [4.69, 9.17) is 4.74 Å². The van der Waals surface area contributed by atoms with Crippen LogP contribution in [-0.2, 0) is 9.53 Å². The molecule has 2 saturated carbocycles. The van der Waals surface area contributed by atoms with E-state index in [1.165, 1.54) is 38.5 Å². The molecule has 1 amide bonds. The molecule has 6 nitrogen and oxygen atoms in total. The average Bonchev–Trinajstić information content (AvgIpc) is 3.45. The largest absolute Gasteiger partial charge is 0.385 e. The molecular formula is C21H38N4O2. The van der Waals surface area contributed by atoms with E-state index < -0.39 is 0 Å². The zero-order valence-electron chi connectivity index (χ0n) is 17.3. The Hall–Kier alpha value is -1.30. The van der Waals surface area contributed by atoms with Gasteiger partial charge in [0.2, 0.25) is 5.91 Å². The first kappa shape index (κ1) is 20.4. The highest BCUT2D eigenvalue weighted by atomic mass is 16.5. The van der Waals surface area contributed by atoms with Crippen LogP contribution >= 0.6 is 0 Å². The van der Waals surface area contributed by atoms with Gasteiger partial charge in [-0.25, -0.2) is 0 Å². The van der Waals surface area contributed by atoms with Crippen molar-refractivity contribution in [1.29, 1.82) is 0 Å². The molecule has 1 heterocycles. The van der Waals surface area contributed by atoms with Gasteiger partial charge in [0.1, 0.15) is 0 Å². The fraction of sp³-hybridized carbons (Fsp3) is 0.905. The fourth-order valence-electron chi connectivity index (χ4n) is 5.13. The van der Waals surface area contributed by atoms with Crippen molar-refractivity contribution >= 4 is 11.9 Å². The Morgan fingerprint density at radius 2 is 1.93 bits per heavy atom. The Balaban J connectivity index is 1.45. The van der Waals surface area contributed by atoms with Crippen molar-refractivity contribution in [3.8, 4) is 0 Å². The minimum Gasteiger partial charge on any atom is -0.385 e. The number of nitrogens with zero attached hydrogens (tertiary/aromatic N) is 2. The maximum absolute atomic E-state index is 12.6. The topological polar surface area (TPSA) is 66.0 Å². The van der Waals surface area contributed by atoms with Gasteiger partial charge in [-0.1, -0.05) is 25.7 Å². The lowest BCUT2D eigenvalue weighted by Gasteiger charge is -2.30. The molecule has 0 aromatic rings. The second-order valence-electron chi connectivity index (χ2n) is 8.77. The molecule has 3 aliphatic rings. The third-order valence-electron chi connectivity index (χ3n) is 6.90. The maximum atomic E-state index is 12.6. The predicted molar refractivity (Wildman–Crippen MR) is 109 cm³/mol. The Morgan fingerprint density at radius 3 is 2.59 bits per heavy atom. The van der Waals surface area contributed by atoms with Gasteiger partial charge in [-0.2, -0.15) is 0 Å². The second kappa shape index (κ2) is 9.76. The van der Waals surface area contributed by atoms with Crippen LogP contribution in [0, 0.1) is 11.3 Å². The quantitative estimate of drug-likeness (QED) is 0.528. The summed E-state index contributed by atoms with van der Waals surface area (Å²) in [5.74, 6) is 1.53. The zero-order valence-corrected chi connectivity index (χ0v) is 17.3. The number of hydrogen-bond donors (Lipinski definition) is 2. The third kappa shape index (κ3) is 5.37. The smallest absolute Gasteiger partial charge is 0.225 e. The van der Waals surface area contributed by atoms with Crippen molar-refractivity contribution in [2.75, 3.05) is 40.4 Å². The number of nitrogens with one attached hydrogen (secondary N) is 2. The van der Waals surface area contributed by atoms with E-state index in [0.29, 0.717) is 17.4 Å². The van der Waals surface area contributed by atoms with E-state index in [0.717, 1.165) is 57.9 Å². The SMILES string of the molecule is CN=C(NCC1(CCOC)CCCC1)NC1CCN(C(=O)C2CCCC2)C1. The molecule has 2 aliphatic carbocycles. The number of carbonyl (C=O) groups excluding carboxylic acids is 1. The van der Waals surface area contributed by atoms with Crippen LogP contribution in [0.15, 0.2) is 4.99 Å². The number of likely N-dealkylation sites (tertiary alicyclic amines) is 1. The molecule has 1 atom stereocenters. The van der Waals surface area contributed by atoms with Gasteiger partial charge < -0.3 is 20.3 Å². The van der Waals surface area contributed by atoms with E-state index >= 15 is 0 Å². The zero-order chi connectivity index (χ0) is 19.1. The van der Waals surface area contributed by atoms with E-state index in [9.17, 15) is 4.79 Å². The van der Waals surface area contributed by atoms with Crippen LogP contribution in [0.4, 0.5) is 0 Å². The summed E-state index contributed by atoms with van der Waals surface area (Å²) in [7, 11) is 3.62. The summed E-state index contributed by atoms with van der Waals surface area (Å²) in [6.07, 6.45) is 11.9. The first-order valence-corrected chi connectivity index (χ1v) is 10.9. The van der Waals surface area contributed by atoms with E-state index in [1.54, 1.807) is 7.11 Å². The number of hydrogen-bond acceptors (Lipinski definition) is 3. The van der Waals surface area contributed by atoms with E-state index in [-0.39, 0.29) is 5.92 Å². The summed E-state index contributed by atoms with van der Waals surface area (Å²) in [5, 5.41) is 7.12. The number of rotatable bonds is 7. The maximum Gasteiger partial charge on any atom is 0.225 e. The molecule has 3 fully saturated rings. The molecule has 1 unspecified atom stereocenters. The highest BCUT2D eigenvalue weighted by Gasteiger charge is 2.35. The van der Waals surface area contributed by atoms with Crippen LogP contribution in [0.1, 0.15) is 64.2 Å². The Bertz CT molecular complexity index is 510.